The maximum absolute atomic E-state index is 13.9. The number of methoxy groups -OCH3 is 1. The number of nitrogens with zero attached hydrogens (tertiary/aromatic N) is 4. The second-order valence-electron chi connectivity index (χ2n) is 6.44. The first kappa shape index (κ1) is 23.8. The molecular weight excluding hydrogens is 462 g/mol. The number of rotatable bonds is 9. The first-order chi connectivity index (χ1) is 12.6. The van der Waals surface area contributed by atoms with Crippen LogP contribution in [0, 0.1) is 5.82 Å². The van der Waals surface area contributed by atoms with E-state index in [2.05, 4.69) is 32.6 Å². The zero-order valence-corrected chi connectivity index (χ0v) is 18.8. The SMILES string of the molecule is CCNC(=NCCN(C)CCOC)NC1CCN(c2ncccc2F)C1.I. The first-order valence-electron chi connectivity index (χ1n) is 9.21. The molecule has 1 aromatic heterocycles. The summed E-state index contributed by atoms with van der Waals surface area (Å²) in [4.78, 5) is 13.0. The number of aliphatic imine (C=N–C) groups is 1. The third-order valence-electron chi connectivity index (χ3n) is 4.34. The standard InChI is InChI=1S/C18H31FN6O.HI/c1-4-20-18(22-9-11-24(2)12-13-26-3)23-15-7-10-25(14-15)17-16(19)6-5-8-21-17;/h5-6,8,15H,4,7,9-14H2,1-3H3,(H2,20,22,23);1H. The van der Waals surface area contributed by atoms with Crippen molar-refractivity contribution in [2.24, 2.45) is 4.99 Å². The van der Waals surface area contributed by atoms with Crippen LogP contribution in [-0.2, 0) is 4.74 Å². The average molecular weight is 494 g/mol. The fraction of sp³-hybridized carbons (Fsp3) is 0.667. The first-order valence-corrected chi connectivity index (χ1v) is 9.21. The van der Waals surface area contributed by atoms with Gasteiger partial charge in [0.05, 0.1) is 13.2 Å². The van der Waals surface area contributed by atoms with E-state index in [1.54, 1.807) is 19.4 Å². The number of hydrogen-bond donors (Lipinski definition) is 2. The van der Waals surface area contributed by atoms with E-state index < -0.39 is 0 Å². The number of halogens is 2. The van der Waals surface area contributed by atoms with Gasteiger partial charge in [0.25, 0.3) is 0 Å². The van der Waals surface area contributed by atoms with Gasteiger partial charge in [0.2, 0.25) is 0 Å². The van der Waals surface area contributed by atoms with Gasteiger partial charge in [0.1, 0.15) is 0 Å². The quantitative estimate of drug-likeness (QED) is 0.309. The highest BCUT2D eigenvalue weighted by molar-refractivity contribution is 14.0. The third-order valence-corrected chi connectivity index (χ3v) is 4.34. The van der Waals surface area contributed by atoms with Crippen molar-refractivity contribution in [1.29, 1.82) is 0 Å². The molecule has 27 heavy (non-hydrogen) atoms. The van der Waals surface area contributed by atoms with Gasteiger partial charge in [-0.25, -0.2) is 9.37 Å². The van der Waals surface area contributed by atoms with E-state index >= 15 is 0 Å². The number of hydrogen-bond acceptors (Lipinski definition) is 5. The van der Waals surface area contributed by atoms with Crippen LogP contribution in [0.3, 0.4) is 0 Å². The van der Waals surface area contributed by atoms with Crippen molar-refractivity contribution in [2.45, 2.75) is 19.4 Å². The summed E-state index contributed by atoms with van der Waals surface area (Å²) in [5.74, 6) is 0.965. The summed E-state index contributed by atoms with van der Waals surface area (Å²) in [6, 6.07) is 3.29. The molecule has 1 fully saturated rings. The van der Waals surface area contributed by atoms with Crippen molar-refractivity contribution >= 4 is 35.8 Å². The van der Waals surface area contributed by atoms with Crippen molar-refractivity contribution in [2.75, 3.05) is 64.9 Å². The van der Waals surface area contributed by atoms with Gasteiger partial charge >= 0.3 is 0 Å². The molecule has 1 atom stereocenters. The van der Waals surface area contributed by atoms with Gasteiger partial charge in [0.15, 0.2) is 17.6 Å². The highest BCUT2D eigenvalue weighted by Crippen LogP contribution is 2.20. The van der Waals surface area contributed by atoms with Crippen LogP contribution in [0.1, 0.15) is 13.3 Å². The smallest absolute Gasteiger partial charge is 0.191 e. The molecule has 9 heteroatoms. The lowest BCUT2D eigenvalue weighted by Gasteiger charge is -2.20. The van der Waals surface area contributed by atoms with Gasteiger partial charge in [-0.2, -0.15) is 0 Å². The number of ether oxygens (including phenoxy) is 1. The van der Waals surface area contributed by atoms with Crippen LogP contribution in [0.15, 0.2) is 23.3 Å². The van der Waals surface area contributed by atoms with Gasteiger partial charge in [-0.15, -0.1) is 24.0 Å². The molecule has 0 spiro atoms. The van der Waals surface area contributed by atoms with Crippen molar-refractivity contribution in [3.05, 3.63) is 24.1 Å². The van der Waals surface area contributed by atoms with E-state index in [1.807, 2.05) is 11.8 Å². The number of pyridine rings is 1. The number of nitrogens with one attached hydrogen (secondary N) is 2. The van der Waals surface area contributed by atoms with Crippen molar-refractivity contribution < 1.29 is 9.13 Å². The Morgan fingerprint density at radius 1 is 1.48 bits per heavy atom. The molecule has 0 saturated carbocycles. The molecule has 1 unspecified atom stereocenters. The molecule has 2 N–H and O–H groups in total. The Labute approximate surface area is 178 Å². The molecule has 154 valence electrons. The largest absolute Gasteiger partial charge is 0.383 e. The van der Waals surface area contributed by atoms with Gasteiger partial charge in [-0.3, -0.25) is 4.99 Å². The molecule has 0 aromatic carbocycles. The minimum Gasteiger partial charge on any atom is -0.383 e. The molecule has 1 aliphatic heterocycles. The summed E-state index contributed by atoms with van der Waals surface area (Å²) in [6.07, 6.45) is 2.55. The molecule has 7 nitrogen and oxygen atoms in total. The van der Waals surface area contributed by atoms with Crippen LogP contribution in [0.4, 0.5) is 10.2 Å². The van der Waals surface area contributed by atoms with E-state index in [0.29, 0.717) is 18.9 Å². The second kappa shape index (κ2) is 13.1. The number of anilines is 1. The van der Waals surface area contributed by atoms with Gasteiger partial charge < -0.3 is 25.2 Å². The van der Waals surface area contributed by atoms with Crippen LogP contribution < -0.4 is 15.5 Å². The highest BCUT2D eigenvalue weighted by Gasteiger charge is 2.25. The maximum Gasteiger partial charge on any atom is 0.191 e. The fourth-order valence-electron chi connectivity index (χ4n) is 2.89. The predicted octanol–water partition coefficient (Wildman–Crippen LogP) is 1.55. The summed E-state index contributed by atoms with van der Waals surface area (Å²) in [5, 5.41) is 6.74. The van der Waals surface area contributed by atoms with Crippen LogP contribution in [-0.4, -0.2) is 81.9 Å². The van der Waals surface area contributed by atoms with Gasteiger partial charge in [-0.1, -0.05) is 0 Å². The Kier molecular flexibility index (Phi) is 11.5. The highest BCUT2D eigenvalue weighted by atomic mass is 127. The number of aromatic nitrogens is 1. The molecule has 1 aliphatic rings. The topological polar surface area (TPSA) is 65.0 Å². The Morgan fingerprint density at radius 3 is 3.00 bits per heavy atom. The molecule has 0 aliphatic carbocycles. The normalized spacial score (nSPS) is 17.1. The monoisotopic (exact) mass is 494 g/mol. The lowest BCUT2D eigenvalue weighted by atomic mass is 10.3. The summed E-state index contributed by atoms with van der Waals surface area (Å²) < 4.78 is 19.0. The number of likely N-dealkylation sites (N-methyl/N-ethyl adjacent to an activating group) is 1. The fourth-order valence-corrected chi connectivity index (χ4v) is 2.89. The zero-order valence-electron chi connectivity index (χ0n) is 16.4. The van der Waals surface area contributed by atoms with E-state index in [0.717, 1.165) is 45.2 Å². The summed E-state index contributed by atoms with van der Waals surface area (Å²) in [7, 11) is 3.77. The molecule has 0 bridgehead atoms. The maximum atomic E-state index is 13.9. The minimum atomic E-state index is -0.271. The Bertz CT molecular complexity index is 577. The minimum absolute atomic E-state index is 0. The van der Waals surface area contributed by atoms with Crippen molar-refractivity contribution in [3.63, 3.8) is 0 Å². The summed E-state index contributed by atoms with van der Waals surface area (Å²) >= 11 is 0. The van der Waals surface area contributed by atoms with Crippen molar-refractivity contribution in [1.82, 2.24) is 20.5 Å². The zero-order chi connectivity index (χ0) is 18.8. The lowest BCUT2D eigenvalue weighted by molar-refractivity contribution is 0.163. The molecule has 2 heterocycles. The Hall–Kier alpha value is -1.20. The molecule has 1 aromatic rings. The third kappa shape index (κ3) is 8.14. The van der Waals surface area contributed by atoms with Gasteiger partial charge in [0, 0.05) is 52.1 Å². The van der Waals surface area contributed by atoms with E-state index in [1.165, 1.54) is 6.07 Å². The molecular formula is C18H32FIN6O. The van der Waals surface area contributed by atoms with Gasteiger partial charge in [-0.05, 0) is 32.5 Å². The second-order valence-corrected chi connectivity index (χ2v) is 6.44. The van der Waals surface area contributed by atoms with Crippen LogP contribution in [0.5, 0.6) is 0 Å². The predicted molar refractivity (Wildman–Crippen MR) is 119 cm³/mol. The van der Waals surface area contributed by atoms with Crippen LogP contribution in [0.2, 0.25) is 0 Å². The van der Waals surface area contributed by atoms with E-state index in [4.69, 9.17) is 4.74 Å². The lowest BCUT2D eigenvalue weighted by Crippen LogP contribution is -2.45. The van der Waals surface area contributed by atoms with E-state index in [9.17, 15) is 4.39 Å². The van der Waals surface area contributed by atoms with Crippen LogP contribution in [0.25, 0.3) is 0 Å². The Morgan fingerprint density at radius 2 is 2.30 bits per heavy atom. The summed E-state index contributed by atoms with van der Waals surface area (Å²) in [6.45, 7) is 7.54. The molecule has 2 rings (SSSR count). The average Bonchev–Trinajstić information content (AvgIpc) is 3.08. The Balaban J connectivity index is 0.00000364. The molecule has 0 radical (unpaired) electrons. The summed E-state index contributed by atoms with van der Waals surface area (Å²) in [5.41, 5.74) is 0. The molecule has 1 saturated heterocycles. The van der Waals surface area contributed by atoms with Crippen molar-refractivity contribution in [3.8, 4) is 0 Å². The van der Waals surface area contributed by atoms with E-state index in [-0.39, 0.29) is 35.8 Å². The molecule has 0 amide bonds. The van der Waals surface area contributed by atoms with Crippen LogP contribution >= 0.6 is 24.0 Å². The number of guanidine groups is 1.